The molecule has 0 saturated carbocycles. The Morgan fingerprint density at radius 2 is 1.93 bits per heavy atom. The molecule has 0 spiro atoms. The number of fused-ring (bicyclic) bond motifs is 1. The topological polar surface area (TPSA) is 97.5 Å². The second-order valence-corrected chi connectivity index (χ2v) is 7.37. The predicted octanol–water partition coefficient (Wildman–Crippen LogP) is 4.07. The molecule has 0 aliphatic carbocycles. The Kier molecular flexibility index (Phi) is 7.08. The number of ether oxygens (including phenoxy) is 1. The molecule has 2 heterocycles. The summed E-state index contributed by atoms with van der Waals surface area (Å²) in [6, 6.07) is 9.20. The zero-order chi connectivity index (χ0) is 20.4. The van der Waals surface area contributed by atoms with Gasteiger partial charge in [-0.15, -0.1) is 12.4 Å². The van der Waals surface area contributed by atoms with E-state index in [1.807, 2.05) is 31.2 Å². The van der Waals surface area contributed by atoms with Gasteiger partial charge in [0.25, 0.3) is 0 Å². The summed E-state index contributed by atoms with van der Waals surface area (Å²) in [5.74, 6) is 0.424. The minimum atomic E-state index is -0.464. The maximum atomic E-state index is 12.2. The summed E-state index contributed by atoms with van der Waals surface area (Å²) in [6.45, 7) is 7.14. The molecule has 1 aliphatic rings. The van der Waals surface area contributed by atoms with Crippen molar-refractivity contribution < 1.29 is 14.3 Å². The second-order valence-electron chi connectivity index (χ2n) is 7.37. The van der Waals surface area contributed by atoms with Crippen molar-refractivity contribution in [3.05, 3.63) is 42.1 Å². The Hall–Kier alpha value is -2.80. The van der Waals surface area contributed by atoms with Gasteiger partial charge in [0.15, 0.2) is 0 Å². The number of benzene rings is 1. The molecule has 2 amide bonds. The Morgan fingerprint density at radius 3 is 2.52 bits per heavy atom. The van der Waals surface area contributed by atoms with Gasteiger partial charge in [0.2, 0.25) is 5.91 Å². The highest BCUT2D eigenvalue weighted by Gasteiger charge is 2.33. The van der Waals surface area contributed by atoms with Gasteiger partial charge < -0.3 is 20.7 Å². The normalized spacial score (nSPS) is 17.9. The number of nitrogen functional groups attached to an aromatic ring is 1. The van der Waals surface area contributed by atoms with Gasteiger partial charge >= 0.3 is 6.09 Å². The van der Waals surface area contributed by atoms with Crippen LogP contribution in [0.3, 0.4) is 0 Å². The summed E-state index contributed by atoms with van der Waals surface area (Å²) < 4.78 is 5.25. The van der Waals surface area contributed by atoms with Crippen LogP contribution in [0.5, 0.6) is 0 Å². The lowest BCUT2D eigenvalue weighted by Crippen LogP contribution is -2.45. The molecule has 1 aliphatic heterocycles. The largest absolute Gasteiger partial charge is 0.447 e. The predicted molar refractivity (Wildman–Crippen MR) is 116 cm³/mol. The van der Waals surface area contributed by atoms with Gasteiger partial charge in [-0.25, -0.2) is 9.78 Å². The molecule has 1 aromatic heterocycles. The van der Waals surface area contributed by atoms with Gasteiger partial charge in [-0.2, -0.15) is 0 Å². The van der Waals surface area contributed by atoms with Crippen LogP contribution < -0.4 is 16.0 Å². The van der Waals surface area contributed by atoms with E-state index < -0.39 is 6.09 Å². The average molecular weight is 419 g/mol. The molecule has 0 bridgehead atoms. The van der Waals surface area contributed by atoms with Crippen LogP contribution in [0.25, 0.3) is 11.1 Å². The number of hydrogen-bond donors (Lipinski definition) is 2. The highest BCUT2D eigenvalue weighted by Crippen LogP contribution is 2.39. The Balaban J connectivity index is 0.00000300. The number of nitrogens with one attached hydrogen (secondary N) is 1. The first-order valence-electron chi connectivity index (χ1n) is 9.39. The number of alkyl carbamates (subject to hydrolysis) is 1. The van der Waals surface area contributed by atoms with E-state index in [1.165, 1.54) is 0 Å². The summed E-state index contributed by atoms with van der Waals surface area (Å²) in [6.07, 6.45) is 1.64. The number of halogens is 1. The molecule has 0 fully saturated rings. The van der Waals surface area contributed by atoms with E-state index in [0.29, 0.717) is 12.2 Å². The van der Waals surface area contributed by atoms with Gasteiger partial charge in [0.1, 0.15) is 5.82 Å². The number of carbonyl (C=O) groups is 2. The first-order chi connectivity index (χ1) is 13.3. The fourth-order valence-corrected chi connectivity index (χ4v) is 3.63. The molecule has 3 N–H and O–H groups in total. The SMILES string of the molecule is CC(=O)N1c2ccc(-c3ccc(N)nc3)cc2[C@H](NC(=O)OC(C)C)C[C@@H]1C.Cl. The molecule has 29 heavy (non-hydrogen) atoms. The number of rotatable bonds is 3. The molecule has 156 valence electrons. The van der Waals surface area contributed by atoms with Crippen LogP contribution in [0.2, 0.25) is 0 Å². The lowest BCUT2D eigenvalue weighted by molar-refractivity contribution is -0.117. The van der Waals surface area contributed by atoms with Gasteiger partial charge in [-0.05, 0) is 62.6 Å². The van der Waals surface area contributed by atoms with Crippen molar-refractivity contribution in [3.8, 4) is 11.1 Å². The number of pyridine rings is 1. The van der Waals surface area contributed by atoms with Crippen molar-refractivity contribution in [2.45, 2.75) is 52.3 Å². The van der Waals surface area contributed by atoms with E-state index in [4.69, 9.17) is 10.5 Å². The Morgan fingerprint density at radius 1 is 1.24 bits per heavy atom. The van der Waals surface area contributed by atoms with E-state index >= 15 is 0 Å². The molecule has 2 aromatic rings. The maximum absolute atomic E-state index is 12.2. The molecule has 0 saturated heterocycles. The first kappa shape index (κ1) is 22.5. The van der Waals surface area contributed by atoms with Crippen molar-refractivity contribution in [1.29, 1.82) is 0 Å². The zero-order valence-corrected chi connectivity index (χ0v) is 17.8. The van der Waals surface area contributed by atoms with E-state index in [2.05, 4.69) is 10.3 Å². The minimum Gasteiger partial charge on any atom is -0.447 e. The van der Waals surface area contributed by atoms with Crippen molar-refractivity contribution in [3.63, 3.8) is 0 Å². The van der Waals surface area contributed by atoms with Gasteiger partial charge in [0, 0.05) is 30.4 Å². The zero-order valence-electron chi connectivity index (χ0n) is 17.0. The van der Waals surface area contributed by atoms with Crippen LogP contribution in [0.15, 0.2) is 36.5 Å². The lowest BCUT2D eigenvalue weighted by atomic mass is 9.89. The number of carbonyl (C=O) groups excluding carboxylic acids is 2. The molecular formula is C21H27ClN4O3. The fraction of sp³-hybridized carbons (Fsp3) is 0.381. The third-order valence-electron chi connectivity index (χ3n) is 4.77. The van der Waals surface area contributed by atoms with Crippen LogP contribution in [-0.2, 0) is 9.53 Å². The van der Waals surface area contributed by atoms with E-state index in [9.17, 15) is 9.59 Å². The average Bonchev–Trinajstić information content (AvgIpc) is 2.61. The number of amides is 2. The highest BCUT2D eigenvalue weighted by molar-refractivity contribution is 5.94. The number of anilines is 2. The third kappa shape index (κ3) is 4.98. The molecule has 0 radical (unpaired) electrons. The fourth-order valence-electron chi connectivity index (χ4n) is 3.63. The molecule has 8 heteroatoms. The van der Waals surface area contributed by atoms with Crippen LogP contribution in [0.1, 0.15) is 45.7 Å². The summed E-state index contributed by atoms with van der Waals surface area (Å²) in [5, 5.41) is 2.95. The summed E-state index contributed by atoms with van der Waals surface area (Å²) in [7, 11) is 0. The smallest absolute Gasteiger partial charge is 0.407 e. The monoisotopic (exact) mass is 418 g/mol. The van der Waals surface area contributed by atoms with Crippen LogP contribution in [0.4, 0.5) is 16.3 Å². The van der Waals surface area contributed by atoms with Crippen molar-refractivity contribution in [2.75, 3.05) is 10.6 Å². The van der Waals surface area contributed by atoms with Crippen LogP contribution >= 0.6 is 12.4 Å². The van der Waals surface area contributed by atoms with E-state index in [1.54, 1.807) is 37.9 Å². The number of hydrogen-bond acceptors (Lipinski definition) is 5. The second kappa shape index (κ2) is 9.13. The first-order valence-corrected chi connectivity index (χ1v) is 9.39. The van der Waals surface area contributed by atoms with Gasteiger partial charge in [0.05, 0.1) is 12.1 Å². The summed E-state index contributed by atoms with van der Waals surface area (Å²) in [4.78, 5) is 30.4. The Bertz CT molecular complexity index is 886. The number of aromatic nitrogens is 1. The van der Waals surface area contributed by atoms with Crippen LogP contribution in [-0.4, -0.2) is 29.1 Å². The summed E-state index contributed by atoms with van der Waals surface area (Å²) in [5.41, 5.74) is 9.21. The molecule has 2 atom stereocenters. The van der Waals surface area contributed by atoms with Gasteiger partial charge in [-0.3, -0.25) is 4.79 Å². The number of nitrogens with two attached hydrogens (primary N) is 1. The van der Waals surface area contributed by atoms with Crippen molar-refractivity contribution in [1.82, 2.24) is 10.3 Å². The van der Waals surface area contributed by atoms with E-state index in [0.717, 1.165) is 22.4 Å². The highest BCUT2D eigenvalue weighted by atomic mass is 35.5. The molecular weight excluding hydrogens is 392 g/mol. The molecule has 7 nitrogen and oxygen atoms in total. The van der Waals surface area contributed by atoms with Crippen molar-refractivity contribution in [2.24, 2.45) is 0 Å². The molecule has 1 aromatic carbocycles. The molecule has 0 unspecified atom stereocenters. The van der Waals surface area contributed by atoms with Gasteiger partial charge in [-0.1, -0.05) is 6.07 Å². The summed E-state index contributed by atoms with van der Waals surface area (Å²) >= 11 is 0. The van der Waals surface area contributed by atoms with Crippen LogP contribution in [0, 0.1) is 0 Å². The standard InChI is InChI=1S/C21H26N4O3.ClH/c1-12(2)28-21(27)24-18-9-13(3)25(14(4)26)19-7-5-15(10-17(18)19)16-6-8-20(22)23-11-16;/h5-8,10-13,18H,9H2,1-4H3,(H2,22,23)(H,24,27);1H/t13-,18+;/m0./s1. The van der Waals surface area contributed by atoms with Crippen molar-refractivity contribution >= 4 is 35.9 Å². The van der Waals surface area contributed by atoms with E-state index in [-0.39, 0.29) is 36.5 Å². The quantitative estimate of drug-likeness (QED) is 0.782. The lowest BCUT2D eigenvalue weighted by Gasteiger charge is -2.39. The maximum Gasteiger partial charge on any atom is 0.407 e. The Labute approximate surface area is 177 Å². The number of nitrogens with zero attached hydrogens (tertiary/aromatic N) is 2. The third-order valence-corrected chi connectivity index (χ3v) is 4.77. The minimum absolute atomic E-state index is 0. The molecule has 3 rings (SSSR count).